The van der Waals surface area contributed by atoms with Crippen molar-refractivity contribution in [2.24, 2.45) is 0 Å². The highest BCUT2D eigenvalue weighted by Gasteiger charge is 2.25. The van der Waals surface area contributed by atoms with E-state index in [1.165, 1.54) is 12.3 Å². The summed E-state index contributed by atoms with van der Waals surface area (Å²) in [7, 11) is 1.67. The van der Waals surface area contributed by atoms with Gasteiger partial charge in [-0.05, 0) is 12.5 Å². The molecule has 0 bridgehead atoms. The van der Waals surface area contributed by atoms with E-state index >= 15 is 0 Å². The van der Waals surface area contributed by atoms with Gasteiger partial charge in [-0.25, -0.2) is 9.78 Å². The number of ether oxygens (including phenoxy) is 1. The third-order valence-electron chi connectivity index (χ3n) is 2.98. The van der Waals surface area contributed by atoms with Crippen molar-refractivity contribution < 1.29 is 14.6 Å². The van der Waals surface area contributed by atoms with Gasteiger partial charge >= 0.3 is 5.97 Å². The lowest BCUT2D eigenvalue weighted by atomic mass is 10.2. The first-order valence-corrected chi connectivity index (χ1v) is 5.39. The van der Waals surface area contributed by atoms with Crippen molar-refractivity contribution in [3.63, 3.8) is 0 Å². The number of pyridine rings is 1. The van der Waals surface area contributed by atoms with Crippen LogP contribution in [0.3, 0.4) is 0 Å². The molecule has 92 valence electrons. The molecule has 0 aromatic carbocycles. The maximum atomic E-state index is 11.0. The van der Waals surface area contributed by atoms with Crippen LogP contribution in [0.2, 0.25) is 0 Å². The first-order chi connectivity index (χ1) is 8.13. The van der Waals surface area contributed by atoms with Crippen LogP contribution >= 0.6 is 0 Å². The van der Waals surface area contributed by atoms with Gasteiger partial charge in [-0.1, -0.05) is 0 Å². The molecule has 1 fully saturated rings. The molecule has 3 N–H and O–H groups in total. The summed E-state index contributed by atoms with van der Waals surface area (Å²) in [6.07, 6.45) is 2.52. The minimum Gasteiger partial charge on any atom is -0.478 e. The normalized spacial score (nSPS) is 19.6. The molecule has 0 aliphatic carbocycles. The van der Waals surface area contributed by atoms with E-state index in [4.69, 9.17) is 15.6 Å². The molecule has 2 heterocycles. The summed E-state index contributed by atoms with van der Waals surface area (Å²) < 4.78 is 5.25. The molecular weight excluding hydrogens is 222 g/mol. The molecular formula is C11H15N3O3. The van der Waals surface area contributed by atoms with Crippen LogP contribution in [-0.4, -0.2) is 42.4 Å². The van der Waals surface area contributed by atoms with E-state index in [0.29, 0.717) is 12.4 Å². The summed E-state index contributed by atoms with van der Waals surface area (Å²) in [6.45, 7) is 1.47. The van der Waals surface area contributed by atoms with Gasteiger partial charge in [0.15, 0.2) is 5.82 Å². The summed E-state index contributed by atoms with van der Waals surface area (Å²) in [5.74, 6) is -0.502. The Hall–Kier alpha value is -1.82. The zero-order valence-electron chi connectivity index (χ0n) is 9.59. The van der Waals surface area contributed by atoms with Crippen LogP contribution in [0.4, 0.5) is 11.5 Å². The first-order valence-electron chi connectivity index (χ1n) is 5.39. The average Bonchev–Trinajstić information content (AvgIpc) is 2.77. The second kappa shape index (κ2) is 4.58. The highest BCUT2D eigenvalue weighted by molar-refractivity contribution is 5.96. The minimum absolute atomic E-state index is 0.0934. The number of hydrogen-bond acceptors (Lipinski definition) is 5. The number of methoxy groups -OCH3 is 1. The molecule has 17 heavy (non-hydrogen) atoms. The van der Waals surface area contributed by atoms with Gasteiger partial charge in [0.05, 0.1) is 17.4 Å². The Labute approximate surface area is 99.0 Å². The molecule has 0 radical (unpaired) electrons. The number of carbonyl (C=O) groups is 1. The summed E-state index contributed by atoms with van der Waals surface area (Å²) in [5, 5.41) is 8.98. The lowest BCUT2D eigenvalue weighted by Crippen LogP contribution is -2.24. The Morgan fingerprint density at radius 2 is 2.47 bits per heavy atom. The van der Waals surface area contributed by atoms with Crippen LogP contribution in [0.1, 0.15) is 16.8 Å². The summed E-state index contributed by atoms with van der Waals surface area (Å²) in [6, 6.07) is 1.41. The van der Waals surface area contributed by atoms with Crippen molar-refractivity contribution >= 4 is 17.5 Å². The van der Waals surface area contributed by atoms with Gasteiger partial charge in [-0.3, -0.25) is 0 Å². The smallest absolute Gasteiger partial charge is 0.337 e. The Kier molecular flexibility index (Phi) is 3.14. The minimum atomic E-state index is -1.03. The summed E-state index contributed by atoms with van der Waals surface area (Å²) in [5.41, 5.74) is 6.14. The Balaban J connectivity index is 2.28. The predicted molar refractivity (Wildman–Crippen MR) is 63.2 cm³/mol. The number of anilines is 2. The monoisotopic (exact) mass is 237 g/mol. The van der Waals surface area contributed by atoms with Crippen molar-refractivity contribution in [3.05, 3.63) is 17.8 Å². The van der Waals surface area contributed by atoms with Crippen molar-refractivity contribution in [1.29, 1.82) is 0 Å². The van der Waals surface area contributed by atoms with E-state index in [0.717, 1.165) is 13.0 Å². The quantitative estimate of drug-likeness (QED) is 0.799. The first kappa shape index (κ1) is 11.7. The summed E-state index contributed by atoms with van der Waals surface area (Å²) in [4.78, 5) is 17.1. The third kappa shape index (κ3) is 2.16. The number of hydrogen-bond donors (Lipinski definition) is 2. The van der Waals surface area contributed by atoms with Crippen LogP contribution in [-0.2, 0) is 4.74 Å². The molecule has 1 atom stereocenters. The molecule has 1 saturated heterocycles. The maximum absolute atomic E-state index is 11.0. The molecule has 1 aliphatic heterocycles. The number of carboxylic acids is 1. The fourth-order valence-corrected chi connectivity index (χ4v) is 2.01. The molecule has 2 rings (SSSR count). The number of carboxylic acid groups (broad SMARTS) is 1. The molecule has 1 aliphatic rings. The van der Waals surface area contributed by atoms with Crippen molar-refractivity contribution in [2.75, 3.05) is 30.8 Å². The Bertz CT molecular complexity index is 436. The predicted octanol–water partition coefficient (Wildman–Crippen LogP) is 0.587. The van der Waals surface area contributed by atoms with E-state index in [9.17, 15) is 4.79 Å². The lowest BCUT2D eigenvalue weighted by molar-refractivity contribution is 0.0698. The van der Waals surface area contributed by atoms with Crippen LogP contribution in [0, 0.1) is 0 Å². The number of rotatable bonds is 3. The van der Waals surface area contributed by atoms with Crippen LogP contribution in [0.15, 0.2) is 12.3 Å². The molecule has 1 aromatic heterocycles. The van der Waals surface area contributed by atoms with E-state index < -0.39 is 5.97 Å². The summed E-state index contributed by atoms with van der Waals surface area (Å²) >= 11 is 0. The van der Waals surface area contributed by atoms with Gasteiger partial charge in [-0.15, -0.1) is 0 Å². The van der Waals surface area contributed by atoms with Gasteiger partial charge in [0.2, 0.25) is 0 Å². The number of aromatic carboxylic acids is 1. The average molecular weight is 237 g/mol. The van der Waals surface area contributed by atoms with Gasteiger partial charge in [0.1, 0.15) is 0 Å². The number of nitrogens with zero attached hydrogens (tertiary/aromatic N) is 2. The standard InChI is InChI=1S/C11H15N3O3/c1-17-7-3-5-14(6-7)10-9(12)8(11(15)16)2-4-13-10/h2,4,7H,3,5-6,12H2,1H3,(H,15,16). The van der Waals surface area contributed by atoms with Crippen LogP contribution in [0.25, 0.3) is 0 Å². The molecule has 0 amide bonds. The van der Waals surface area contributed by atoms with E-state index in [-0.39, 0.29) is 17.4 Å². The van der Waals surface area contributed by atoms with Gasteiger partial charge < -0.3 is 20.5 Å². The lowest BCUT2D eigenvalue weighted by Gasteiger charge is -2.19. The molecule has 6 nitrogen and oxygen atoms in total. The molecule has 0 saturated carbocycles. The fraction of sp³-hybridized carbons (Fsp3) is 0.455. The second-order valence-corrected chi connectivity index (χ2v) is 3.99. The zero-order valence-corrected chi connectivity index (χ0v) is 9.59. The maximum Gasteiger partial charge on any atom is 0.337 e. The molecule has 0 spiro atoms. The highest BCUT2D eigenvalue weighted by atomic mass is 16.5. The molecule has 6 heteroatoms. The Morgan fingerprint density at radius 3 is 3.06 bits per heavy atom. The van der Waals surface area contributed by atoms with E-state index in [1.54, 1.807) is 7.11 Å². The number of aromatic nitrogens is 1. The molecule has 1 aromatic rings. The third-order valence-corrected chi connectivity index (χ3v) is 2.98. The van der Waals surface area contributed by atoms with Crippen LogP contribution in [0.5, 0.6) is 0 Å². The van der Waals surface area contributed by atoms with E-state index in [1.807, 2.05) is 4.90 Å². The second-order valence-electron chi connectivity index (χ2n) is 3.99. The highest BCUT2D eigenvalue weighted by Crippen LogP contribution is 2.27. The fourth-order valence-electron chi connectivity index (χ4n) is 2.01. The molecule has 1 unspecified atom stereocenters. The SMILES string of the molecule is COC1CCN(c2nccc(C(=O)O)c2N)C1. The van der Waals surface area contributed by atoms with E-state index in [2.05, 4.69) is 4.98 Å². The number of nitrogens with two attached hydrogens (primary N) is 1. The van der Waals surface area contributed by atoms with Gasteiger partial charge in [0, 0.05) is 26.4 Å². The van der Waals surface area contributed by atoms with Crippen molar-refractivity contribution in [1.82, 2.24) is 4.98 Å². The van der Waals surface area contributed by atoms with Crippen molar-refractivity contribution in [2.45, 2.75) is 12.5 Å². The largest absolute Gasteiger partial charge is 0.478 e. The topological polar surface area (TPSA) is 88.7 Å². The van der Waals surface area contributed by atoms with Gasteiger partial charge in [0.25, 0.3) is 0 Å². The van der Waals surface area contributed by atoms with Crippen molar-refractivity contribution in [3.8, 4) is 0 Å². The number of nitrogen functional groups attached to an aromatic ring is 1. The van der Waals surface area contributed by atoms with Gasteiger partial charge in [-0.2, -0.15) is 0 Å². The Morgan fingerprint density at radius 1 is 1.71 bits per heavy atom. The zero-order chi connectivity index (χ0) is 12.4. The van der Waals surface area contributed by atoms with Crippen LogP contribution < -0.4 is 10.6 Å².